The molecule has 1 amide bonds. The van der Waals surface area contributed by atoms with E-state index in [0.717, 1.165) is 31.6 Å². The maximum absolute atomic E-state index is 11.8. The number of hydrogen-bond acceptors (Lipinski definition) is 4. The molecule has 0 aromatic carbocycles. The van der Waals surface area contributed by atoms with E-state index in [0.29, 0.717) is 25.3 Å². The van der Waals surface area contributed by atoms with Crippen molar-refractivity contribution in [2.75, 3.05) is 19.8 Å². The highest BCUT2D eigenvalue weighted by Gasteiger charge is 2.05. The average Bonchev–Trinajstić information content (AvgIpc) is 2.46. The Kier molecular flexibility index (Phi) is 7.77. The molecule has 0 aliphatic carbocycles. The minimum Gasteiger partial charge on any atom is -0.381 e. The first-order valence-electron chi connectivity index (χ1n) is 6.79. The van der Waals surface area contributed by atoms with Crippen molar-refractivity contribution in [3.05, 3.63) is 29.6 Å². The van der Waals surface area contributed by atoms with E-state index in [2.05, 4.69) is 17.2 Å². The predicted molar refractivity (Wildman–Crippen MR) is 74.8 cm³/mol. The summed E-state index contributed by atoms with van der Waals surface area (Å²) in [6, 6.07) is 3.40. The van der Waals surface area contributed by atoms with Crippen molar-refractivity contribution in [2.24, 2.45) is 5.73 Å². The van der Waals surface area contributed by atoms with Gasteiger partial charge in [0.2, 0.25) is 0 Å². The van der Waals surface area contributed by atoms with Gasteiger partial charge in [-0.3, -0.25) is 9.78 Å². The summed E-state index contributed by atoms with van der Waals surface area (Å²) in [6.07, 6.45) is 4.66. The van der Waals surface area contributed by atoms with Crippen LogP contribution >= 0.6 is 0 Å². The van der Waals surface area contributed by atoms with Gasteiger partial charge in [-0.25, -0.2) is 0 Å². The van der Waals surface area contributed by atoms with Crippen molar-refractivity contribution < 1.29 is 9.53 Å². The van der Waals surface area contributed by atoms with Gasteiger partial charge in [0, 0.05) is 38.1 Å². The SMILES string of the molecule is CCCCOCCCNC(=O)c1ccnc(CN)c1. The number of nitrogens with two attached hydrogens (primary N) is 1. The van der Waals surface area contributed by atoms with Gasteiger partial charge in [-0.2, -0.15) is 0 Å². The first-order valence-corrected chi connectivity index (χ1v) is 6.79. The quantitative estimate of drug-likeness (QED) is 0.663. The molecule has 1 heterocycles. The Morgan fingerprint density at radius 3 is 2.95 bits per heavy atom. The fourth-order valence-corrected chi connectivity index (χ4v) is 1.56. The van der Waals surface area contributed by atoms with Crippen molar-refractivity contribution in [1.29, 1.82) is 0 Å². The van der Waals surface area contributed by atoms with Crippen molar-refractivity contribution in [2.45, 2.75) is 32.7 Å². The van der Waals surface area contributed by atoms with Crippen LogP contribution in [0.15, 0.2) is 18.3 Å². The summed E-state index contributed by atoms with van der Waals surface area (Å²) in [7, 11) is 0. The molecule has 0 fully saturated rings. The van der Waals surface area contributed by atoms with Gasteiger partial charge in [-0.05, 0) is 25.0 Å². The standard InChI is InChI=1S/C14H23N3O2/c1-2-3-8-19-9-4-6-17-14(18)12-5-7-16-13(10-12)11-15/h5,7,10H,2-4,6,8-9,11,15H2,1H3,(H,17,18). The highest BCUT2D eigenvalue weighted by molar-refractivity contribution is 5.94. The highest BCUT2D eigenvalue weighted by atomic mass is 16.5. The molecule has 0 saturated heterocycles. The first-order chi connectivity index (χ1) is 9.27. The summed E-state index contributed by atoms with van der Waals surface area (Å²) in [6.45, 7) is 4.57. The second kappa shape index (κ2) is 9.47. The van der Waals surface area contributed by atoms with E-state index in [1.54, 1.807) is 18.3 Å². The molecule has 0 spiro atoms. The van der Waals surface area contributed by atoms with Gasteiger partial charge in [-0.15, -0.1) is 0 Å². The van der Waals surface area contributed by atoms with Crippen LogP contribution in [0.25, 0.3) is 0 Å². The molecule has 0 radical (unpaired) electrons. The maximum Gasteiger partial charge on any atom is 0.251 e. The Morgan fingerprint density at radius 1 is 1.42 bits per heavy atom. The number of nitrogens with zero attached hydrogens (tertiary/aromatic N) is 1. The number of amides is 1. The van der Waals surface area contributed by atoms with Crippen LogP contribution in [0, 0.1) is 0 Å². The largest absolute Gasteiger partial charge is 0.381 e. The predicted octanol–water partition coefficient (Wildman–Crippen LogP) is 1.48. The van der Waals surface area contributed by atoms with Crippen molar-refractivity contribution in [1.82, 2.24) is 10.3 Å². The van der Waals surface area contributed by atoms with E-state index < -0.39 is 0 Å². The van der Waals surface area contributed by atoms with Crippen LogP contribution < -0.4 is 11.1 Å². The van der Waals surface area contributed by atoms with Gasteiger partial charge in [0.15, 0.2) is 0 Å². The summed E-state index contributed by atoms with van der Waals surface area (Å²) in [5, 5.41) is 2.85. The molecule has 1 aromatic rings. The van der Waals surface area contributed by atoms with Gasteiger partial charge in [0.05, 0.1) is 5.69 Å². The average molecular weight is 265 g/mol. The summed E-state index contributed by atoms with van der Waals surface area (Å²) in [5.74, 6) is -0.0920. The Hall–Kier alpha value is -1.46. The lowest BCUT2D eigenvalue weighted by molar-refractivity contribution is 0.0940. The first kappa shape index (κ1) is 15.6. The number of carbonyl (C=O) groups is 1. The Balaban J connectivity index is 2.20. The zero-order valence-corrected chi connectivity index (χ0v) is 11.5. The molecular formula is C14H23N3O2. The van der Waals surface area contributed by atoms with Gasteiger partial charge >= 0.3 is 0 Å². The van der Waals surface area contributed by atoms with E-state index in [9.17, 15) is 4.79 Å². The number of rotatable bonds is 9. The van der Waals surface area contributed by atoms with Crippen molar-refractivity contribution in [3.8, 4) is 0 Å². The molecule has 5 heteroatoms. The van der Waals surface area contributed by atoms with Gasteiger partial charge in [0.25, 0.3) is 5.91 Å². The monoisotopic (exact) mass is 265 g/mol. The summed E-state index contributed by atoms with van der Waals surface area (Å²) >= 11 is 0. The van der Waals surface area contributed by atoms with Gasteiger partial charge in [0.1, 0.15) is 0 Å². The summed E-state index contributed by atoms with van der Waals surface area (Å²) in [4.78, 5) is 15.9. The maximum atomic E-state index is 11.8. The Labute approximate surface area is 114 Å². The van der Waals surface area contributed by atoms with E-state index in [-0.39, 0.29) is 5.91 Å². The number of carbonyl (C=O) groups excluding carboxylic acids is 1. The number of unbranched alkanes of at least 4 members (excludes halogenated alkanes) is 1. The van der Waals surface area contributed by atoms with Crippen LogP contribution in [0.2, 0.25) is 0 Å². The highest BCUT2D eigenvalue weighted by Crippen LogP contribution is 2.01. The minimum atomic E-state index is -0.0920. The smallest absolute Gasteiger partial charge is 0.251 e. The van der Waals surface area contributed by atoms with Crippen molar-refractivity contribution >= 4 is 5.91 Å². The van der Waals surface area contributed by atoms with Crippen LogP contribution in [0.3, 0.4) is 0 Å². The lowest BCUT2D eigenvalue weighted by Gasteiger charge is -2.06. The van der Waals surface area contributed by atoms with Crippen LogP contribution in [-0.4, -0.2) is 30.6 Å². The van der Waals surface area contributed by atoms with Crippen LogP contribution in [0.5, 0.6) is 0 Å². The van der Waals surface area contributed by atoms with Crippen molar-refractivity contribution in [3.63, 3.8) is 0 Å². The fraction of sp³-hybridized carbons (Fsp3) is 0.571. The fourth-order valence-electron chi connectivity index (χ4n) is 1.56. The number of pyridine rings is 1. The molecular weight excluding hydrogens is 242 g/mol. The molecule has 3 N–H and O–H groups in total. The normalized spacial score (nSPS) is 10.4. The second-order valence-corrected chi connectivity index (χ2v) is 4.32. The van der Waals surface area contributed by atoms with Crippen LogP contribution in [-0.2, 0) is 11.3 Å². The van der Waals surface area contributed by atoms with E-state index in [1.807, 2.05) is 0 Å². The van der Waals surface area contributed by atoms with E-state index in [4.69, 9.17) is 10.5 Å². The third-order valence-corrected chi connectivity index (χ3v) is 2.68. The number of ether oxygens (including phenoxy) is 1. The van der Waals surface area contributed by atoms with E-state index in [1.165, 1.54) is 0 Å². The Morgan fingerprint density at radius 2 is 2.21 bits per heavy atom. The molecule has 0 atom stereocenters. The van der Waals surface area contributed by atoms with Crippen LogP contribution in [0.4, 0.5) is 0 Å². The van der Waals surface area contributed by atoms with E-state index >= 15 is 0 Å². The Bertz CT molecular complexity index is 383. The molecule has 1 rings (SSSR count). The summed E-state index contributed by atoms with van der Waals surface area (Å²) < 4.78 is 5.42. The zero-order valence-electron chi connectivity index (χ0n) is 11.5. The van der Waals surface area contributed by atoms with Gasteiger partial charge in [-0.1, -0.05) is 13.3 Å². The minimum absolute atomic E-state index is 0.0920. The third kappa shape index (κ3) is 6.31. The molecule has 0 unspecified atom stereocenters. The molecule has 5 nitrogen and oxygen atoms in total. The zero-order chi connectivity index (χ0) is 13.9. The molecule has 106 valence electrons. The molecule has 0 aliphatic rings. The molecule has 1 aromatic heterocycles. The number of hydrogen-bond donors (Lipinski definition) is 2. The number of nitrogens with one attached hydrogen (secondary N) is 1. The molecule has 0 aliphatic heterocycles. The topological polar surface area (TPSA) is 77.2 Å². The number of aromatic nitrogens is 1. The molecule has 19 heavy (non-hydrogen) atoms. The van der Waals surface area contributed by atoms with Gasteiger partial charge < -0.3 is 15.8 Å². The lowest BCUT2D eigenvalue weighted by atomic mass is 10.2. The molecule has 0 bridgehead atoms. The lowest BCUT2D eigenvalue weighted by Crippen LogP contribution is -2.25. The summed E-state index contributed by atoms with van der Waals surface area (Å²) in [5.41, 5.74) is 6.81. The third-order valence-electron chi connectivity index (χ3n) is 2.68. The second-order valence-electron chi connectivity index (χ2n) is 4.32. The molecule has 0 saturated carbocycles. The van der Waals surface area contributed by atoms with Crippen LogP contribution in [0.1, 0.15) is 42.2 Å².